The van der Waals surface area contributed by atoms with Crippen molar-refractivity contribution in [2.75, 3.05) is 0 Å². The monoisotopic (exact) mass is 167 g/mol. The predicted molar refractivity (Wildman–Crippen MR) is 39.9 cm³/mol. The van der Waals surface area contributed by atoms with Gasteiger partial charge in [-0.1, -0.05) is 0 Å². The Morgan fingerprint density at radius 2 is 2.64 bits per heavy atom. The zero-order valence-corrected chi connectivity index (χ0v) is 6.60. The maximum Gasteiger partial charge on any atom is 0.283 e. The molecular weight excluding hydrogens is 162 g/mol. The van der Waals surface area contributed by atoms with Gasteiger partial charge in [-0.05, 0) is 6.92 Å². The summed E-state index contributed by atoms with van der Waals surface area (Å²) in [6, 6.07) is 0. The topological polar surface area (TPSA) is 65.8 Å². The maximum atomic E-state index is 10.9. The molecule has 0 spiro atoms. The summed E-state index contributed by atoms with van der Waals surface area (Å²) in [4.78, 5) is 14.8. The Balaban J connectivity index is 2.78. The van der Waals surface area contributed by atoms with Gasteiger partial charge >= 0.3 is 0 Å². The average Bonchev–Trinajstić information content (AvgIpc) is 2.36. The van der Waals surface area contributed by atoms with E-state index in [9.17, 15) is 4.79 Å². The fraction of sp³-hybridized carbons (Fsp3) is 0.167. The van der Waals surface area contributed by atoms with Crippen LogP contribution in [-0.2, 0) is 0 Å². The molecule has 0 aliphatic heterocycles. The van der Waals surface area contributed by atoms with Gasteiger partial charge in [-0.25, -0.2) is 4.98 Å². The van der Waals surface area contributed by atoms with Crippen LogP contribution in [0, 0.1) is 18.4 Å². The summed E-state index contributed by atoms with van der Waals surface area (Å²) in [6.45, 7) is 1.80. The van der Waals surface area contributed by atoms with Gasteiger partial charge in [-0.15, -0.1) is 11.3 Å². The quantitative estimate of drug-likeness (QED) is 0.493. The van der Waals surface area contributed by atoms with Crippen LogP contribution < -0.4 is 5.32 Å². The number of nitrogens with one attached hydrogen (secondary N) is 1. The van der Waals surface area contributed by atoms with Crippen molar-refractivity contribution in [2.45, 2.75) is 6.92 Å². The third kappa shape index (κ3) is 1.75. The van der Waals surface area contributed by atoms with E-state index in [1.54, 1.807) is 18.5 Å². The lowest BCUT2D eigenvalue weighted by atomic mass is 10.5. The van der Waals surface area contributed by atoms with Gasteiger partial charge in [-0.3, -0.25) is 10.1 Å². The van der Waals surface area contributed by atoms with Crippen molar-refractivity contribution in [1.29, 1.82) is 5.26 Å². The van der Waals surface area contributed by atoms with Crippen molar-refractivity contribution in [2.24, 2.45) is 0 Å². The molecule has 1 aromatic rings. The zero-order valence-electron chi connectivity index (χ0n) is 5.79. The Morgan fingerprint density at radius 1 is 1.91 bits per heavy atom. The van der Waals surface area contributed by atoms with E-state index in [0.717, 1.165) is 5.01 Å². The molecule has 0 saturated heterocycles. The third-order valence-corrected chi connectivity index (χ3v) is 1.79. The number of amides is 1. The molecule has 0 radical (unpaired) electrons. The highest BCUT2D eigenvalue weighted by Crippen LogP contribution is 2.06. The summed E-state index contributed by atoms with van der Waals surface area (Å²) in [5, 5.41) is 12.5. The molecule has 0 aromatic carbocycles. The van der Waals surface area contributed by atoms with E-state index in [0.29, 0.717) is 5.69 Å². The number of hydrogen-bond donors (Lipinski definition) is 1. The van der Waals surface area contributed by atoms with Gasteiger partial charge in [0.25, 0.3) is 5.91 Å². The molecule has 4 nitrogen and oxygen atoms in total. The van der Waals surface area contributed by atoms with E-state index in [1.165, 1.54) is 11.3 Å². The third-order valence-electron chi connectivity index (χ3n) is 1.02. The van der Waals surface area contributed by atoms with Crippen molar-refractivity contribution in [3.8, 4) is 6.19 Å². The molecule has 1 aromatic heterocycles. The summed E-state index contributed by atoms with van der Waals surface area (Å²) in [7, 11) is 0. The van der Waals surface area contributed by atoms with Crippen molar-refractivity contribution in [3.05, 3.63) is 16.1 Å². The molecule has 1 N–H and O–H groups in total. The lowest BCUT2D eigenvalue weighted by Gasteiger charge is -1.87. The van der Waals surface area contributed by atoms with Crippen LogP contribution >= 0.6 is 11.3 Å². The molecule has 11 heavy (non-hydrogen) atoms. The van der Waals surface area contributed by atoms with Crippen LogP contribution in [0.3, 0.4) is 0 Å². The van der Waals surface area contributed by atoms with Crippen LogP contribution in [0.4, 0.5) is 0 Å². The Kier molecular flexibility index (Phi) is 2.18. The highest BCUT2D eigenvalue weighted by Gasteiger charge is 2.06. The number of hydrogen-bond acceptors (Lipinski definition) is 4. The van der Waals surface area contributed by atoms with Gasteiger partial charge in [-0.2, -0.15) is 5.26 Å². The second-order valence-electron chi connectivity index (χ2n) is 1.82. The summed E-state index contributed by atoms with van der Waals surface area (Å²) in [6.07, 6.45) is 1.54. The largest absolute Gasteiger partial charge is 0.283 e. The first kappa shape index (κ1) is 7.69. The zero-order chi connectivity index (χ0) is 8.27. The first-order valence-corrected chi connectivity index (χ1v) is 3.73. The minimum absolute atomic E-state index is 0.300. The van der Waals surface area contributed by atoms with Crippen LogP contribution in [0.15, 0.2) is 5.38 Å². The standard InChI is InChI=1S/C6H5N3OS/c1-4-9-5(2-11-4)6(10)8-3-7/h2H,1H3,(H,8,10). The van der Waals surface area contributed by atoms with E-state index >= 15 is 0 Å². The summed E-state index contributed by atoms with van der Waals surface area (Å²) < 4.78 is 0. The first-order chi connectivity index (χ1) is 5.24. The van der Waals surface area contributed by atoms with Crippen LogP contribution in [-0.4, -0.2) is 10.9 Å². The molecule has 56 valence electrons. The number of carbonyl (C=O) groups is 1. The Labute approximate surface area is 67.5 Å². The molecule has 0 fully saturated rings. The predicted octanol–water partition coefficient (Wildman–Crippen LogP) is 0.662. The molecule has 5 heteroatoms. The molecule has 1 amide bonds. The first-order valence-electron chi connectivity index (χ1n) is 2.85. The highest BCUT2D eigenvalue weighted by atomic mass is 32.1. The average molecular weight is 167 g/mol. The molecular formula is C6H5N3OS. The number of carbonyl (C=O) groups excluding carboxylic acids is 1. The van der Waals surface area contributed by atoms with E-state index in [4.69, 9.17) is 5.26 Å². The lowest BCUT2D eigenvalue weighted by molar-refractivity contribution is 0.0968. The fourth-order valence-electron chi connectivity index (χ4n) is 0.583. The number of aryl methyl sites for hydroxylation is 1. The van der Waals surface area contributed by atoms with E-state index in [2.05, 4.69) is 4.98 Å². The number of nitriles is 1. The summed E-state index contributed by atoms with van der Waals surface area (Å²) in [5.74, 6) is -0.447. The number of nitrogens with zero attached hydrogens (tertiary/aromatic N) is 2. The number of aromatic nitrogens is 1. The molecule has 0 aliphatic rings. The van der Waals surface area contributed by atoms with Crippen LogP contribution in [0.2, 0.25) is 0 Å². The minimum atomic E-state index is -0.447. The Morgan fingerprint density at radius 3 is 3.09 bits per heavy atom. The second-order valence-corrected chi connectivity index (χ2v) is 2.88. The molecule has 0 aliphatic carbocycles. The smallest absolute Gasteiger partial charge is 0.266 e. The Bertz CT molecular complexity index is 312. The summed E-state index contributed by atoms with van der Waals surface area (Å²) in [5.41, 5.74) is 0.300. The van der Waals surface area contributed by atoms with Gasteiger partial charge in [0.15, 0.2) is 6.19 Å². The Hall–Kier alpha value is -1.41. The van der Waals surface area contributed by atoms with Crippen LogP contribution in [0.25, 0.3) is 0 Å². The molecule has 0 atom stereocenters. The lowest BCUT2D eigenvalue weighted by Crippen LogP contribution is -2.17. The van der Waals surface area contributed by atoms with E-state index in [-0.39, 0.29) is 0 Å². The fourth-order valence-corrected chi connectivity index (χ4v) is 1.18. The van der Waals surface area contributed by atoms with Crippen molar-refractivity contribution < 1.29 is 4.79 Å². The summed E-state index contributed by atoms with van der Waals surface area (Å²) >= 11 is 1.38. The molecule has 0 unspecified atom stereocenters. The van der Waals surface area contributed by atoms with E-state index in [1.807, 2.05) is 5.32 Å². The van der Waals surface area contributed by atoms with Gasteiger partial charge in [0, 0.05) is 5.38 Å². The highest BCUT2D eigenvalue weighted by molar-refractivity contribution is 7.09. The second kappa shape index (κ2) is 3.12. The van der Waals surface area contributed by atoms with Crippen molar-refractivity contribution in [1.82, 2.24) is 10.3 Å². The van der Waals surface area contributed by atoms with Gasteiger partial charge in [0.2, 0.25) is 0 Å². The maximum absolute atomic E-state index is 10.9. The van der Waals surface area contributed by atoms with Gasteiger partial charge in [0.1, 0.15) is 5.69 Å². The van der Waals surface area contributed by atoms with Crippen LogP contribution in [0.5, 0.6) is 0 Å². The minimum Gasteiger partial charge on any atom is -0.266 e. The van der Waals surface area contributed by atoms with Gasteiger partial charge < -0.3 is 0 Å². The molecule has 0 saturated carbocycles. The van der Waals surface area contributed by atoms with Crippen molar-refractivity contribution in [3.63, 3.8) is 0 Å². The number of thiazole rings is 1. The molecule has 1 heterocycles. The number of rotatable bonds is 1. The normalized spacial score (nSPS) is 8.73. The van der Waals surface area contributed by atoms with E-state index < -0.39 is 5.91 Å². The molecule has 1 rings (SSSR count). The van der Waals surface area contributed by atoms with Crippen LogP contribution in [0.1, 0.15) is 15.5 Å². The van der Waals surface area contributed by atoms with Crippen molar-refractivity contribution >= 4 is 17.2 Å². The molecule has 0 bridgehead atoms. The van der Waals surface area contributed by atoms with Gasteiger partial charge in [0.05, 0.1) is 5.01 Å². The SMILES string of the molecule is Cc1nc(C(=O)NC#N)cs1.